The van der Waals surface area contributed by atoms with Crippen LogP contribution in [-0.4, -0.2) is 12.7 Å². The Labute approximate surface area is 90.2 Å². The number of hydrogen-bond acceptors (Lipinski definition) is 1. The first-order valence-electron chi connectivity index (χ1n) is 6.22. The molecule has 0 aliphatic heterocycles. The lowest BCUT2D eigenvalue weighted by Gasteiger charge is -2.09. The Morgan fingerprint density at radius 3 is 2.14 bits per heavy atom. The summed E-state index contributed by atoms with van der Waals surface area (Å²) in [5, 5.41) is 0. The molecule has 0 saturated carbocycles. The van der Waals surface area contributed by atoms with Crippen LogP contribution in [0.2, 0.25) is 0 Å². The Bertz CT molecular complexity index is 101. The standard InChI is InChI=1S/C13H27O/c1-4-6-7-8-9-10-11-12-14-13(3)5-2/h13H,1,4-12H2,2-3H3. The molecule has 0 fully saturated rings. The van der Waals surface area contributed by atoms with Crippen LogP contribution in [0.25, 0.3) is 0 Å². The Hall–Kier alpha value is -0.0400. The van der Waals surface area contributed by atoms with Crippen LogP contribution in [0.15, 0.2) is 0 Å². The maximum atomic E-state index is 5.61. The smallest absolute Gasteiger partial charge is 0.0544 e. The van der Waals surface area contributed by atoms with Gasteiger partial charge in [-0.25, -0.2) is 0 Å². The van der Waals surface area contributed by atoms with Crippen molar-refractivity contribution in [3.05, 3.63) is 6.92 Å². The molecule has 0 heterocycles. The topological polar surface area (TPSA) is 9.23 Å². The highest BCUT2D eigenvalue weighted by Gasteiger charge is 1.97. The lowest BCUT2D eigenvalue weighted by molar-refractivity contribution is 0.0608. The lowest BCUT2D eigenvalue weighted by Crippen LogP contribution is -2.07. The Balaban J connectivity index is 2.92. The van der Waals surface area contributed by atoms with Crippen molar-refractivity contribution in [1.29, 1.82) is 0 Å². The van der Waals surface area contributed by atoms with Crippen molar-refractivity contribution in [2.75, 3.05) is 6.61 Å². The van der Waals surface area contributed by atoms with Gasteiger partial charge in [0.25, 0.3) is 0 Å². The van der Waals surface area contributed by atoms with Crippen molar-refractivity contribution in [1.82, 2.24) is 0 Å². The van der Waals surface area contributed by atoms with E-state index in [1.807, 2.05) is 0 Å². The van der Waals surface area contributed by atoms with E-state index in [0.717, 1.165) is 19.4 Å². The van der Waals surface area contributed by atoms with Crippen molar-refractivity contribution >= 4 is 0 Å². The fraction of sp³-hybridized carbons (Fsp3) is 0.923. The zero-order chi connectivity index (χ0) is 10.6. The Morgan fingerprint density at radius 2 is 1.57 bits per heavy atom. The summed E-state index contributed by atoms with van der Waals surface area (Å²) in [7, 11) is 0. The van der Waals surface area contributed by atoms with Crippen molar-refractivity contribution in [2.45, 2.75) is 71.3 Å². The van der Waals surface area contributed by atoms with E-state index in [-0.39, 0.29) is 0 Å². The normalized spacial score (nSPS) is 13.1. The molecule has 0 aromatic carbocycles. The molecule has 14 heavy (non-hydrogen) atoms. The van der Waals surface area contributed by atoms with Gasteiger partial charge in [-0.15, -0.1) is 0 Å². The second-order valence-corrected chi connectivity index (χ2v) is 4.06. The van der Waals surface area contributed by atoms with Gasteiger partial charge in [0.1, 0.15) is 0 Å². The predicted octanol–water partition coefficient (Wildman–Crippen LogP) is 4.37. The third-order valence-corrected chi connectivity index (χ3v) is 2.62. The second kappa shape index (κ2) is 11.0. The van der Waals surface area contributed by atoms with Gasteiger partial charge in [0.05, 0.1) is 6.10 Å². The van der Waals surface area contributed by atoms with Gasteiger partial charge in [-0.1, -0.05) is 52.4 Å². The summed E-state index contributed by atoms with van der Waals surface area (Å²) in [6.45, 7) is 9.11. The van der Waals surface area contributed by atoms with E-state index >= 15 is 0 Å². The minimum atomic E-state index is 0.446. The van der Waals surface area contributed by atoms with Crippen molar-refractivity contribution < 1.29 is 4.74 Å². The van der Waals surface area contributed by atoms with E-state index in [1.54, 1.807) is 0 Å². The summed E-state index contributed by atoms with van der Waals surface area (Å²) in [5.41, 5.74) is 0. The highest BCUT2D eigenvalue weighted by Crippen LogP contribution is 2.07. The van der Waals surface area contributed by atoms with Crippen molar-refractivity contribution in [2.24, 2.45) is 0 Å². The molecule has 1 heteroatoms. The molecule has 0 amide bonds. The van der Waals surface area contributed by atoms with Gasteiger partial charge < -0.3 is 4.74 Å². The minimum absolute atomic E-state index is 0.446. The quantitative estimate of drug-likeness (QED) is 0.475. The second-order valence-electron chi connectivity index (χ2n) is 4.06. The van der Waals surface area contributed by atoms with Crippen LogP contribution in [0.1, 0.15) is 65.2 Å². The van der Waals surface area contributed by atoms with Crippen LogP contribution in [-0.2, 0) is 4.74 Å². The molecular formula is C13H27O. The first kappa shape index (κ1) is 14.0. The maximum Gasteiger partial charge on any atom is 0.0544 e. The van der Waals surface area contributed by atoms with Gasteiger partial charge >= 0.3 is 0 Å². The molecule has 0 aliphatic rings. The average molecular weight is 199 g/mol. The molecule has 0 bridgehead atoms. The van der Waals surface area contributed by atoms with Crippen molar-refractivity contribution in [3.8, 4) is 0 Å². The summed E-state index contributed by atoms with van der Waals surface area (Å²) in [6, 6.07) is 0. The summed E-state index contributed by atoms with van der Waals surface area (Å²) in [4.78, 5) is 0. The molecule has 0 aromatic heterocycles. The van der Waals surface area contributed by atoms with E-state index in [0.29, 0.717) is 6.10 Å². The summed E-state index contributed by atoms with van der Waals surface area (Å²) in [5.74, 6) is 0. The van der Waals surface area contributed by atoms with Crippen molar-refractivity contribution in [3.63, 3.8) is 0 Å². The van der Waals surface area contributed by atoms with Gasteiger partial charge in [0, 0.05) is 6.61 Å². The number of rotatable bonds is 10. The summed E-state index contributed by atoms with van der Waals surface area (Å²) < 4.78 is 5.61. The third kappa shape index (κ3) is 10.0. The molecule has 0 rings (SSSR count). The predicted molar refractivity (Wildman–Crippen MR) is 63.4 cm³/mol. The van der Waals surface area contributed by atoms with Crippen LogP contribution in [0, 0.1) is 6.92 Å². The monoisotopic (exact) mass is 199 g/mol. The van der Waals surface area contributed by atoms with Gasteiger partial charge in [0.15, 0.2) is 0 Å². The average Bonchev–Trinajstić information content (AvgIpc) is 2.21. The highest BCUT2D eigenvalue weighted by atomic mass is 16.5. The van der Waals surface area contributed by atoms with E-state index in [4.69, 9.17) is 4.74 Å². The van der Waals surface area contributed by atoms with Gasteiger partial charge in [0.2, 0.25) is 0 Å². The molecule has 0 aromatic rings. The molecule has 1 nitrogen and oxygen atoms in total. The molecule has 85 valence electrons. The largest absolute Gasteiger partial charge is 0.379 e. The molecule has 0 saturated heterocycles. The summed E-state index contributed by atoms with van der Waals surface area (Å²) >= 11 is 0. The molecule has 0 N–H and O–H groups in total. The maximum absolute atomic E-state index is 5.61. The molecule has 0 spiro atoms. The number of unbranched alkanes of at least 4 members (excludes halogenated alkanes) is 6. The van der Waals surface area contributed by atoms with Gasteiger partial charge in [-0.05, 0) is 19.8 Å². The third-order valence-electron chi connectivity index (χ3n) is 2.62. The van der Waals surface area contributed by atoms with Crippen LogP contribution >= 0.6 is 0 Å². The fourth-order valence-electron chi connectivity index (χ4n) is 1.39. The van der Waals surface area contributed by atoms with E-state index in [1.165, 1.54) is 38.5 Å². The first-order chi connectivity index (χ1) is 6.81. The lowest BCUT2D eigenvalue weighted by atomic mass is 10.1. The van der Waals surface area contributed by atoms with E-state index in [9.17, 15) is 0 Å². The molecule has 1 unspecified atom stereocenters. The Morgan fingerprint density at radius 1 is 1.00 bits per heavy atom. The molecule has 1 atom stereocenters. The zero-order valence-corrected chi connectivity index (χ0v) is 10.1. The minimum Gasteiger partial charge on any atom is -0.379 e. The number of ether oxygens (including phenoxy) is 1. The van der Waals surface area contributed by atoms with E-state index in [2.05, 4.69) is 20.8 Å². The molecular weight excluding hydrogens is 172 g/mol. The van der Waals surface area contributed by atoms with Crippen LogP contribution in [0.5, 0.6) is 0 Å². The Kier molecular flexibility index (Phi) is 11.0. The van der Waals surface area contributed by atoms with Gasteiger partial charge in [-0.3, -0.25) is 0 Å². The van der Waals surface area contributed by atoms with Crippen LogP contribution in [0.3, 0.4) is 0 Å². The number of hydrogen-bond donors (Lipinski definition) is 0. The fourth-order valence-corrected chi connectivity index (χ4v) is 1.39. The van der Waals surface area contributed by atoms with Crippen LogP contribution in [0.4, 0.5) is 0 Å². The summed E-state index contributed by atoms with van der Waals surface area (Å²) in [6.07, 6.45) is 10.6. The van der Waals surface area contributed by atoms with Gasteiger partial charge in [-0.2, -0.15) is 0 Å². The molecule has 0 aliphatic carbocycles. The van der Waals surface area contributed by atoms with E-state index < -0.39 is 0 Å². The first-order valence-corrected chi connectivity index (χ1v) is 6.22. The highest BCUT2D eigenvalue weighted by molar-refractivity contribution is 4.48. The van der Waals surface area contributed by atoms with Crippen LogP contribution < -0.4 is 0 Å². The zero-order valence-electron chi connectivity index (χ0n) is 10.1. The molecule has 1 radical (unpaired) electrons. The SMILES string of the molecule is [CH2]CCCCCCCCOC(C)CC.